The largest absolute Gasteiger partial charge is 0.479 e. The Morgan fingerprint density at radius 3 is 2.31 bits per heavy atom. The first-order valence-corrected chi connectivity index (χ1v) is 18.0. The summed E-state index contributed by atoms with van der Waals surface area (Å²) in [5.41, 5.74) is 8.58. The molecule has 48 heavy (non-hydrogen) atoms. The van der Waals surface area contributed by atoms with Crippen molar-refractivity contribution in [3.63, 3.8) is 0 Å². The van der Waals surface area contributed by atoms with E-state index < -0.39 is 17.7 Å². The quantitative estimate of drug-likeness (QED) is 0.218. The van der Waals surface area contributed by atoms with E-state index >= 15 is 0 Å². The molecule has 6 rings (SSSR count). The number of hydrogen-bond acceptors (Lipinski definition) is 8. The number of anilines is 2. The molecule has 3 aromatic heterocycles. The first-order chi connectivity index (χ1) is 22.4. The highest BCUT2D eigenvalue weighted by atomic mass is 32.1. The molecule has 8 nitrogen and oxygen atoms in total. The molecule has 0 radical (unpaired) electrons. The lowest BCUT2D eigenvalue weighted by Gasteiger charge is -2.41. The number of hydrogen-bond donors (Lipinski definition) is 1. The number of aryl methyl sites for hydroxylation is 2. The Morgan fingerprint density at radius 2 is 1.67 bits per heavy atom. The van der Waals surface area contributed by atoms with Crippen LogP contribution < -0.4 is 9.80 Å². The zero-order valence-electron chi connectivity index (χ0n) is 30.3. The Balaban J connectivity index is 1.42. The van der Waals surface area contributed by atoms with Gasteiger partial charge in [-0.1, -0.05) is 52.8 Å². The average molecular weight is 670 g/mol. The number of nitrogens with zero attached hydrogens (tertiary/aromatic N) is 5. The molecule has 256 valence electrons. The molecule has 1 N–H and O–H groups in total. The summed E-state index contributed by atoms with van der Waals surface area (Å²) < 4.78 is 7.43. The summed E-state index contributed by atoms with van der Waals surface area (Å²) in [6, 6.07) is 8.96. The predicted molar refractivity (Wildman–Crippen MR) is 196 cm³/mol. The lowest BCUT2D eigenvalue weighted by molar-refractivity contribution is -0.160. The predicted octanol–water partition coefficient (Wildman–Crippen LogP) is 8.80. The van der Waals surface area contributed by atoms with Crippen molar-refractivity contribution in [3.05, 3.63) is 63.5 Å². The molecule has 0 bridgehead atoms. The minimum atomic E-state index is -1.13. The zero-order valence-corrected chi connectivity index (χ0v) is 31.1. The lowest BCUT2D eigenvalue weighted by atomic mass is 9.81. The van der Waals surface area contributed by atoms with Crippen molar-refractivity contribution in [3.8, 4) is 11.1 Å². The van der Waals surface area contributed by atoms with Gasteiger partial charge in [0.05, 0.1) is 21.5 Å². The number of carboxylic acids is 1. The van der Waals surface area contributed by atoms with Crippen molar-refractivity contribution in [2.45, 2.75) is 112 Å². The van der Waals surface area contributed by atoms with Crippen LogP contribution in [-0.4, -0.2) is 51.3 Å². The van der Waals surface area contributed by atoms with Gasteiger partial charge in [-0.2, -0.15) is 0 Å². The van der Waals surface area contributed by atoms with E-state index in [1.807, 2.05) is 27.7 Å². The van der Waals surface area contributed by atoms with E-state index in [0.29, 0.717) is 11.3 Å². The summed E-state index contributed by atoms with van der Waals surface area (Å²) >= 11 is 1.80. The third-order valence-electron chi connectivity index (χ3n) is 9.81. The van der Waals surface area contributed by atoms with E-state index in [0.717, 1.165) is 84.0 Å². The minimum absolute atomic E-state index is 0.0585. The van der Waals surface area contributed by atoms with Crippen LogP contribution in [0.2, 0.25) is 0 Å². The number of fused-ring (bicyclic) bond motifs is 2. The van der Waals surface area contributed by atoms with Crippen LogP contribution in [0, 0.1) is 19.3 Å². The molecule has 2 aliphatic heterocycles. The molecule has 4 aromatic rings. The number of aliphatic carboxylic acids is 1. The van der Waals surface area contributed by atoms with Gasteiger partial charge >= 0.3 is 5.97 Å². The van der Waals surface area contributed by atoms with Crippen molar-refractivity contribution in [1.82, 2.24) is 15.0 Å². The van der Waals surface area contributed by atoms with Gasteiger partial charge in [-0.25, -0.2) is 14.8 Å². The normalized spacial score (nSPS) is 17.5. The summed E-state index contributed by atoms with van der Waals surface area (Å²) in [5.74, 6) is 0.0141. The van der Waals surface area contributed by atoms with Gasteiger partial charge in [0, 0.05) is 53.6 Å². The second kappa shape index (κ2) is 12.4. The first kappa shape index (κ1) is 34.3. The maximum atomic E-state index is 12.9. The smallest absolute Gasteiger partial charge is 0.337 e. The molecule has 0 amide bonds. The maximum Gasteiger partial charge on any atom is 0.337 e. The average Bonchev–Trinajstić information content (AvgIpc) is 3.45. The third-order valence-corrected chi connectivity index (χ3v) is 11.4. The van der Waals surface area contributed by atoms with E-state index in [1.54, 1.807) is 17.7 Å². The van der Waals surface area contributed by atoms with Gasteiger partial charge < -0.3 is 19.6 Å². The van der Waals surface area contributed by atoms with Gasteiger partial charge in [0.1, 0.15) is 12.1 Å². The van der Waals surface area contributed by atoms with E-state index in [4.69, 9.17) is 14.7 Å². The summed E-state index contributed by atoms with van der Waals surface area (Å²) in [4.78, 5) is 33.3. The number of rotatable bonds is 6. The van der Waals surface area contributed by atoms with Crippen LogP contribution in [0.5, 0.6) is 0 Å². The van der Waals surface area contributed by atoms with Gasteiger partial charge in [0.25, 0.3) is 0 Å². The zero-order chi connectivity index (χ0) is 34.8. The van der Waals surface area contributed by atoms with Crippen LogP contribution in [0.3, 0.4) is 0 Å². The highest BCUT2D eigenvalue weighted by Crippen LogP contribution is 2.46. The SMILES string of the molecule is Cc1nc(C)c(C(OC(C)(C)C)C(=O)O)c(N2CCC(C)(C)CC2)c1-c1ccc2c(c1)CCN(c1ncnc3cc(C(C)(C)C)sc13)C2. The lowest BCUT2D eigenvalue weighted by Crippen LogP contribution is -2.39. The van der Waals surface area contributed by atoms with Gasteiger partial charge in [0.15, 0.2) is 6.10 Å². The molecular weight excluding hydrogens is 619 g/mol. The number of benzene rings is 1. The van der Waals surface area contributed by atoms with Crippen molar-refractivity contribution in [2.75, 3.05) is 29.4 Å². The Labute approximate surface area is 289 Å². The van der Waals surface area contributed by atoms with Crippen molar-refractivity contribution >= 4 is 39.0 Å². The van der Waals surface area contributed by atoms with Gasteiger partial charge in [0.2, 0.25) is 0 Å². The van der Waals surface area contributed by atoms with Crippen molar-refractivity contribution in [1.29, 1.82) is 0 Å². The summed E-state index contributed by atoms with van der Waals surface area (Å²) in [6.45, 7) is 24.4. The van der Waals surface area contributed by atoms with Crippen LogP contribution in [0.25, 0.3) is 21.3 Å². The number of thiophene rings is 1. The second-order valence-electron chi connectivity index (χ2n) is 16.4. The first-order valence-electron chi connectivity index (χ1n) is 17.2. The van der Waals surface area contributed by atoms with Crippen LogP contribution in [-0.2, 0) is 27.9 Å². The number of piperidine rings is 1. The molecule has 5 heterocycles. The van der Waals surface area contributed by atoms with Crippen LogP contribution in [0.15, 0.2) is 30.6 Å². The Kier molecular flexibility index (Phi) is 8.86. The molecule has 1 aromatic carbocycles. The minimum Gasteiger partial charge on any atom is -0.479 e. The molecule has 1 atom stereocenters. The van der Waals surface area contributed by atoms with Crippen molar-refractivity contribution < 1.29 is 14.6 Å². The molecule has 0 spiro atoms. The fourth-order valence-electron chi connectivity index (χ4n) is 7.08. The number of carboxylic acid groups (broad SMARTS) is 1. The molecule has 9 heteroatoms. The van der Waals surface area contributed by atoms with E-state index in [-0.39, 0.29) is 10.8 Å². The monoisotopic (exact) mass is 669 g/mol. The van der Waals surface area contributed by atoms with Crippen LogP contribution in [0.4, 0.5) is 11.5 Å². The summed E-state index contributed by atoms with van der Waals surface area (Å²) in [7, 11) is 0. The van der Waals surface area contributed by atoms with Gasteiger partial charge in [-0.3, -0.25) is 4.98 Å². The van der Waals surface area contributed by atoms with E-state index in [9.17, 15) is 9.90 Å². The van der Waals surface area contributed by atoms with Crippen LogP contribution >= 0.6 is 11.3 Å². The Morgan fingerprint density at radius 1 is 0.958 bits per heavy atom. The summed E-state index contributed by atoms with van der Waals surface area (Å²) in [6.07, 6.45) is 3.50. The number of aromatic nitrogens is 3. The number of ether oxygens (including phenoxy) is 1. The Bertz CT molecular complexity index is 1860. The van der Waals surface area contributed by atoms with Gasteiger partial charge in [-0.15, -0.1) is 11.3 Å². The highest BCUT2D eigenvalue weighted by molar-refractivity contribution is 7.19. The third kappa shape index (κ3) is 6.81. The fraction of sp³-hybridized carbons (Fsp3) is 0.538. The van der Waals surface area contributed by atoms with Crippen molar-refractivity contribution in [2.24, 2.45) is 5.41 Å². The molecule has 1 saturated heterocycles. The number of carbonyl (C=O) groups is 1. The Hall–Kier alpha value is -3.56. The molecular formula is C39H51N5O3S. The van der Waals surface area contributed by atoms with E-state index in [1.165, 1.54) is 16.0 Å². The fourth-order valence-corrected chi connectivity index (χ4v) is 8.27. The maximum absolute atomic E-state index is 12.9. The van der Waals surface area contributed by atoms with Gasteiger partial charge in [-0.05, 0) is 87.5 Å². The molecule has 2 aliphatic rings. The molecule has 1 fully saturated rings. The van der Waals surface area contributed by atoms with E-state index in [2.05, 4.69) is 80.6 Å². The highest BCUT2D eigenvalue weighted by Gasteiger charge is 2.37. The molecule has 0 saturated carbocycles. The topological polar surface area (TPSA) is 91.7 Å². The molecule has 1 unspecified atom stereocenters. The molecule has 0 aliphatic carbocycles. The second-order valence-corrected chi connectivity index (χ2v) is 17.5. The standard InChI is InChI=1S/C39H51N5O3S/c1-23-30(32(43-17-14-39(9,10)15-18-43)31(24(2)42-23)33(36(45)46)47-38(6,7)8)26-11-12-27-21-44(16-13-25(27)19-26)35-34-28(40-22-41-35)20-29(48-34)37(3,4)5/h11-12,19-20,22,33H,13-18,21H2,1-10H3,(H,45,46). The van der Waals surface area contributed by atoms with Crippen LogP contribution in [0.1, 0.15) is 107 Å². The summed E-state index contributed by atoms with van der Waals surface area (Å²) in [5, 5.41) is 10.6. The number of pyridine rings is 1.